The van der Waals surface area contributed by atoms with Crippen LogP contribution in [0, 0.1) is 12.7 Å². The lowest BCUT2D eigenvalue weighted by molar-refractivity contribution is -0.125. The predicted octanol–water partition coefficient (Wildman–Crippen LogP) is 3.84. The first-order chi connectivity index (χ1) is 18.7. The van der Waals surface area contributed by atoms with E-state index in [4.69, 9.17) is 9.72 Å². The third-order valence-electron chi connectivity index (χ3n) is 6.63. The fraction of sp³-hybridized carbons (Fsp3) is 0.296. The summed E-state index contributed by atoms with van der Waals surface area (Å²) in [4.78, 5) is 38.8. The molecular formula is C27H28FN7O3S. The molecule has 0 saturated carbocycles. The zero-order valence-electron chi connectivity index (χ0n) is 22.0. The molecule has 0 spiro atoms. The molecule has 0 fully saturated rings. The number of carbonyl (C=O) groups excluding carboxylic acids is 2. The molecule has 202 valence electrons. The highest BCUT2D eigenvalue weighted by Crippen LogP contribution is 2.36. The number of rotatable bonds is 8. The SMILES string of the molecule is COc1cc(F)cc(CNC(=O)[C@@H](C)N2CCc3sc(-c4nc(Nc5ccnn5C)ncc4C)cc3C2=O)c1. The van der Waals surface area contributed by atoms with Crippen molar-refractivity contribution in [2.24, 2.45) is 7.05 Å². The second-order valence-electron chi connectivity index (χ2n) is 9.28. The third-order valence-corrected chi connectivity index (χ3v) is 7.83. The van der Waals surface area contributed by atoms with Crippen molar-refractivity contribution in [3.8, 4) is 16.3 Å². The number of nitrogens with zero attached hydrogens (tertiary/aromatic N) is 5. The van der Waals surface area contributed by atoms with Gasteiger partial charge in [0.05, 0.1) is 29.4 Å². The second-order valence-corrected chi connectivity index (χ2v) is 10.4. The summed E-state index contributed by atoms with van der Waals surface area (Å²) in [5.74, 6) is 0.594. The van der Waals surface area contributed by atoms with E-state index in [2.05, 4.69) is 20.7 Å². The lowest BCUT2D eigenvalue weighted by atomic mass is 10.0. The van der Waals surface area contributed by atoms with Gasteiger partial charge in [-0.2, -0.15) is 5.10 Å². The van der Waals surface area contributed by atoms with Gasteiger partial charge in [-0.1, -0.05) is 0 Å². The van der Waals surface area contributed by atoms with Gasteiger partial charge in [0.1, 0.15) is 23.4 Å². The lowest BCUT2D eigenvalue weighted by Crippen LogP contribution is -2.50. The molecule has 0 unspecified atom stereocenters. The number of nitrogens with one attached hydrogen (secondary N) is 2. The Morgan fingerprint density at radius 2 is 2.10 bits per heavy atom. The molecule has 12 heteroatoms. The average Bonchev–Trinajstić information content (AvgIpc) is 3.54. The Kier molecular flexibility index (Phi) is 7.29. The summed E-state index contributed by atoms with van der Waals surface area (Å²) >= 11 is 1.53. The van der Waals surface area contributed by atoms with E-state index >= 15 is 0 Å². The number of ether oxygens (including phenoxy) is 1. The van der Waals surface area contributed by atoms with Crippen LogP contribution in [-0.2, 0) is 24.8 Å². The molecule has 1 aliphatic heterocycles. The van der Waals surface area contributed by atoms with Crippen LogP contribution in [0.3, 0.4) is 0 Å². The molecule has 2 N–H and O–H groups in total. The van der Waals surface area contributed by atoms with Crippen LogP contribution < -0.4 is 15.4 Å². The number of hydrogen-bond donors (Lipinski definition) is 2. The fourth-order valence-corrected chi connectivity index (χ4v) is 5.64. The number of halogens is 1. The van der Waals surface area contributed by atoms with Crippen LogP contribution in [0.4, 0.5) is 16.2 Å². The zero-order chi connectivity index (χ0) is 27.7. The summed E-state index contributed by atoms with van der Waals surface area (Å²) < 4.78 is 20.6. The molecular weight excluding hydrogens is 521 g/mol. The minimum Gasteiger partial charge on any atom is -0.497 e. The van der Waals surface area contributed by atoms with Gasteiger partial charge < -0.3 is 20.3 Å². The van der Waals surface area contributed by atoms with Gasteiger partial charge in [-0.15, -0.1) is 11.3 Å². The minimum atomic E-state index is -0.695. The van der Waals surface area contributed by atoms with Crippen LogP contribution in [0.5, 0.6) is 5.75 Å². The van der Waals surface area contributed by atoms with Gasteiger partial charge >= 0.3 is 0 Å². The van der Waals surface area contributed by atoms with Gasteiger partial charge in [0.15, 0.2) is 0 Å². The quantitative estimate of drug-likeness (QED) is 0.343. The summed E-state index contributed by atoms with van der Waals surface area (Å²) in [7, 11) is 3.28. The summed E-state index contributed by atoms with van der Waals surface area (Å²) in [6.07, 6.45) is 4.06. The van der Waals surface area contributed by atoms with E-state index in [-0.39, 0.29) is 18.4 Å². The van der Waals surface area contributed by atoms with E-state index in [1.165, 1.54) is 30.6 Å². The normalized spacial score (nSPS) is 13.7. The number of fused-ring (bicyclic) bond motifs is 1. The molecule has 4 heterocycles. The van der Waals surface area contributed by atoms with Crippen LogP contribution in [0.2, 0.25) is 0 Å². The number of aryl methyl sites for hydroxylation is 2. The maximum atomic E-state index is 13.8. The highest BCUT2D eigenvalue weighted by atomic mass is 32.1. The van der Waals surface area contributed by atoms with E-state index in [0.717, 1.165) is 26.8 Å². The van der Waals surface area contributed by atoms with Crippen molar-refractivity contribution in [3.05, 3.63) is 70.1 Å². The van der Waals surface area contributed by atoms with Crippen molar-refractivity contribution in [1.29, 1.82) is 0 Å². The van der Waals surface area contributed by atoms with Gasteiger partial charge in [-0.25, -0.2) is 14.4 Å². The van der Waals surface area contributed by atoms with E-state index < -0.39 is 11.9 Å². The molecule has 4 aromatic rings. The van der Waals surface area contributed by atoms with Crippen molar-refractivity contribution in [2.75, 3.05) is 19.0 Å². The summed E-state index contributed by atoms with van der Waals surface area (Å²) in [6.45, 7) is 4.17. The lowest BCUT2D eigenvalue weighted by Gasteiger charge is -2.31. The first kappa shape index (κ1) is 26.3. The number of amides is 2. The molecule has 39 heavy (non-hydrogen) atoms. The number of methoxy groups -OCH3 is 1. The van der Waals surface area contributed by atoms with Crippen molar-refractivity contribution in [1.82, 2.24) is 30.0 Å². The summed E-state index contributed by atoms with van der Waals surface area (Å²) in [6, 6.07) is 7.25. The number of thiophene rings is 1. The highest BCUT2D eigenvalue weighted by molar-refractivity contribution is 7.15. The molecule has 0 radical (unpaired) electrons. The predicted molar refractivity (Wildman–Crippen MR) is 146 cm³/mol. The molecule has 10 nitrogen and oxygen atoms in total. The summed E-state index contributed by atoms with van der Waals surface area (Å²) in [5.41, 5.74) is 2.77. The van der Waals surface area contributed by atoms with Crippen LogP contribution in [0.15, 0.2) is 42.7 Å². The van der Waals surface area contributed by atoms with Crippen molar-refractivity contribution >= 4 is 34.9 Å². The van der Waals surface area contributed by atoms with Gasteiger partial charge in [0.25, 0.3) is 5.91 Å². The van der Waals surface area contributed by atoms with Gasteiger partial charge in [-0.05, 0) is 43.2 Å². The molecule has 2 amide bonds. The Balaban J connectivity index is 1.30. The zero-order valence-corrected chi connectivity index (χ0v) is 22.8. The largest absolute Gasteiger partial charge is 0.497 e. The van der Waals surface area contributed by atoms with Crippen molar-refractivity contribution in [3.63, 3.8) is 0 Å². The Morgan fingerprint density at radius 1 is 1.28 bits per heavy atom. The Hall–Kier alpha value is -4.32. The first-order valence-corrected chi connectivity index (χ1v) is 13.2. The fourth-order valence-electron chi connectivity index (χ4n) is 4.44. The molecule has 0 aliphatic carbocycles. The minimum absolute atomic E-state index is 0.120. The van der Waals surface area contributed by atoms with E-state index in [1.807, 2.05) is 26.1 Å². The monoisotopic (exact) mass is 549 g/mol. The van der Waals surface area contributed by atoms with Gasteiger partial charge in [-0.3, -0.25) is 14.3 Å². The number of aromatic nitrogens is 4. The summed E-state index contributed by atoms with van der Waals surface area (Å²) in [5, 5.41) is 10.1. The average molecular weight is 550 g/mol. The maximum absolute atomic E-state index is 13.8. The first-order valence-electron chi connectivity index (χ1n) is 12.4. The number of anilines is 2. The van der Waals surface area contributed by atoms with E-state index in [0.29, 0.717) is 35.8 Å². The van der Waals surface area contributed by atoms with E-state index in [1.54, 1.807) is 35.0 Å². The molecule has 1 aromatic carbocycles. The molecule has 3 aromatic heterocycles. The van der Waals surface area contributed by atoms with Crippen LogP contribution in [-0.4, -0.2) is 56.2 Å². The standard InChI is InChI=1S/C27H28FN7O3S/c1-15-13-30-27(32-23-5-7-31-34(23)3)33-24(15)22-12-20-21(39-22)6-8-35(26(20)37)16(2)25(36)29-14-17-9-18(28)11-19(10-17)38-4/h5,7,9-13,16H,6,8,14H2,1-4H3,(H,29,36)(H,30,32,33)/t16-/m1/s1. The van der Waals surface area contributed by atoms with Crippen molar-refractivity contribution < 1.29 is 18.7 Å². The Labute approximate surface area is 228 Å². The number of benzene rings is 1. The Bertz CT molecular complexity index is 1550. The molecule has 1 atom stereocenters. The smallest absolute Gasteiger partial charge is 0.255 e. The molecule has 1 aliphatic rings. The van der Waals surface area contributed by atoms with E-state index in [9.17, 15) is 14.0 Å². The van der Waals surface area contributed by atoms with Crippen molar-refractivity contribution in [2.45, 2.75) is 32.9 Å². The maximum Gasteiger partial charge on any atom is 0.255 e. The molecule has 0 saturated heterocycles. The second kappa shape index (κ2) is 10.8. The molecule has 0 bridgehead atoms. The van der Waals surface area contributed by atoms with Gasteiger partial charge in [0.2, 0.25) is 11.9 Å². The van der Waals surface area contributed by atoms with Crippen LogP contribution in [0.1, 0.15) is 33.3 Å². The number of carbonyl (C=O) groups is 2. The van der Waals surface area contributed by atoms with Crippen LogP contribution in [0.25, 0.3) is 10.6 Å². The number of hydrogen-bond acceptors (Lipinski definition) is 8. The topological polar surface area (TPSA) is 114 Å². The molecule has 5 rings (SSSR count). The van der Waals surface area contributed by atoms with Gasteiger partial charge in [0, 0.05) is 49.8 Å². The Morgan fingerprint density at radius 3 is 2.85 bits per heavy atom. The highest BCUT2D eigenvalue weighted by Gasteiger charge is 2.33. The van der Waals surface area contributed by atoms with Crippen LogP contribution >= 0.6 is 11.3 Å². The third kappa shape index (κ3) is 5.46.